The molecule has 8 heteroatoms. The highest BCUT2D eigenvalue weighted by atomic mass is 35.6. The summed E-state index contributed by atoms with van der Waals surface area (Å²) >= 11 is 23.1. The predicted octanol–water partition coefficient (Wildman–Crippen LogP) is 4.41. The summed E-state index contributed by atoms with van der Waals surface area (Å²) in [6, 6.07) is 16.2. The molecule has 0 aromatic heterocycles. The molecule has 4 nitrogen and oxygen atoms in total. The Morgan fingerprint density at radius 2 is 1.60 bits per heavy atom. The van der Waals surface area contributed by atoms with E-state index >= 15 is 0 Å². The average Bonchev–Trinajstić information content (AvgIpc) is 2.56. The second-order valence-electron chi connectivity index (χ2n) is 5.28. The van der Waals surface area contributed by atoms with E-state index < -0.39 is 9.96 Å². The van der Waals surface area contributed by atoms with Crippen LogP contribution in [0, 0.1) is 6.92 Å². The summed E-state index contributed by atoms with van der Waals surface area (Å²) in [6.07, 6.45) is -1.02. The summed E-state index contributed by atoms with van der Waals surface area (Å²) < 4.78 is -1.80. The van der Waals surface area contributed by atoms with Crippen LogP contribution in [-0.4, -0.2) is 21.0 Å². The Bertz CT molecular complexity index is 733. The zero-order valence-corrected chi connectivity index (χ0v) is 16.3. The van der Waals surface area contributed by atoms with Crippen LogP contribution in [0.1, 0.15) is 15.9 Å². The molecule has 0 aliphatic heterocycles. The third-order valence-electron chi connectivity index (χ3n) is 3.22. The predicted molar refractivity (Wildman–Crippen MR) is 109 cm³/mol. The van der Waals surface area contributed by atoms with Crippen molar-refractivity contribution >= 4 is 63.7 Å². The van der Waals surface area contributed by atoms with E-state index in [0.717, 1.165) is 11.3 Å². The van der Waals surface area contributed by atoms with Gasteiger partial charge in [0.1, 0.15) is 6.17 Å². The fourth-order valence-corrected chi connectivity index (χ4v) is 2.50. The van der Waals surface area contributed by atoms with E-state index in [4.69, 9.17) is 47.0 Å². The second kappa shape index (κ2) is 8.72. The molecule has 1 unspecified atom stereocenters. The molecule has 0 fully saturated rings. The third kappa shape index (κ3) is 6.36. The summed E-state index contributed by atoms with van der Waals surface area (Å²) in [7, 11) is 0. The normalized spacial score (nSPS) is 12.2. The van der Waals surface area contributed by atoms with Crippen LogP contribution in [0.3, 0.4) is 0 Å². The van der Waals surface area contributed by atoms with Crippen molar-refractivity contribution in [1.82, 2.24) is 10.6 Å². The van der Waals surface area contributed by atoms with Crippen molar-refractivity contribution in [3.8, 4) is 0 Å². The van der Waals surface area contributed by atoms with Crippen LogP contribution in [0.25, 0.3) is 0 Å². The molecule has 2 rings (SSSR count). The fourth-order valence-electron chi connectivity index (χ4n) is 1.94. The molecule has 0 aliphatic rings. The Hall–Kier alpha value is -1.53. The number of anilines is 1. The van der Waals surface area contributed by atoms with Crippen molar-refractivity contribution in [3.05, 3.63) is 65.7 Å². The Kier molecular flexibility index (Phi) is 6.90. The molecule has 0 saturated heterocycles. The van der Waals surface area contributed by atoms with Gasteiger partial charge >= 0.3 is 0 Å². The van der Waals surface area contributed by atoms with Gasteiger partial charge < -0.3 is 16.0 Å². The van der Waals surface area contributed by atoms with Crippen LogP contribution < -0.4 is 16.0 Å². The number of aryl methyl sites for hydroxylation is 1. The van der Waals surface area contributed by atoms with Crippen molar-refractivity contribution < 1.29 is 4.79 Å². The summed E-state index contributed by atoms with van der Waals surface area (Å²) in [5.41, 5.74) is 2.35. The Morgan fingerprint density at radius 1 is 1.00 bits per heavy atom. The number of rotatable bonds is 4. The van der Waals surface area contributed by atoms with Gasteiger partial charge in [-0.1, -0.05) is 70.7 Å². The highest BCUT2D eigenvalue weighted by Crippen LogP contribution is 2.29. The number of hydrogen-bond donors (Lipinski definition) is 3. The first kappa shape index (κ1) is 19.8. The first-order chi connectivity index (χ1) is 11.8. The molecule has 0 heterocycles. The van der Waals surface area contributed by atoms with E-state index in [1.165, 1.54) is 0 Å². The molecule has 0 bridgehead atoms. The lowest BCUT2D eigenvalue weighted by Crippen LogP contribution is -2.56. The van der Waals surface area contributed by atoms with E-state index in [0.29, 0.717) is 5.56 Å². The highest BCUT2D eigenvalue weighted by molar-refractivity contribution is 7.80. The number of amides is 1. The topological polar surface area (TPSA) is 53.2 Å². The van der Waals surface area contributed by atoms with Gasteiger partial charge in [0.15, 0.2) is 5.11 Å². The minimum absolute atomic E-state index is 0.216. The number of alkyl halides is 3. The van der Waals surface area contributed by atoms with Crippen molar-refractivity contribution in [2.75, 3.05) is 5.32 Å². The molecule has 2 aromatic rings. The molecular formula is C17H16Cl3N3OS. The minimum Gasteiger partial charge on any atom is -0.339 e. The van der Waals surface area contributed by atoms with Gasteiger partial charge in [0.2, 0.25) is 3.79 Å². The largest absolute Gasteiger partial charge is 0.339 e. The van der Waals surface area contributed by atoms with E-state index in [2.05, 4.69) is 16.0 Å². The maximum absolute atomic E-state index is 12.3. The third-order valence-corrected chi connectivity index (χ3v) is 4.10. The van der Waals surface area contributed by atoms with Gasteiger partial charge in [-0.05, 0) is 43.4 Å². The smallest absolute Gasteiger partial charge is 0.252 e. The van der Waals surface area contributed by atoms with Crippen LogP contribution in [0.2, 0.25) is 0 Å². The van der Waals surface area contributed by atoms with Gasteiger partial charge in [-0.25, -0.2) is 0 Å². The number of carbonyl (C=O) groups excluding carboxylic acids is 1. The quantitative estimate of drug-likeness (QED) is 0.393. The molecule has 1 amide bonds. The lowest BCUT2D eigenvalue weighted by atomic mass is 10.2. The van der Waals surface area contributed by atoms with Crippen LogP contribution in [0.4, 0.5) is 5.69 Å². The second-order valence-corrected chi connectivity index (χ2v) is 8.06. The molecule has 0 aliphatic carbocycles. The number of hydrogen-bond acceptors (Lipinski definition) is 2. The van der Waals surface area contributed by atoms with E-state index in [1.807, 2.05) is 37.3 Å². The summed E-state index contributed by atoms with van der Waals surface area (Å²) in [4.78, 5) is 12.3. The monoisotopic (exact) mass is 415 g/mol. The summed E-state index contributed by atoms with van der Waals surface area (Å²) in [5, 5.41) is 8.63. The zero-order valence-electron chi connectivity index (χ0n) is 13.2. The number of halogens is 3. The average molecular weight is 417 g/mol. The fraction of sp³-hybridized carbons (Fsp3) is 0.176. The van der Waals surface area contributed by atoms with Crippen molar-refractivity contribution in [1.29, 1.82) is 0 Å². The van der Waals surface area contributed by atoms with E-state index in [-0.39, 0.29) is 11.0 Å². The SMILES string of the molecule is Cc1ccc(NC(=S)NC(NC(=O)c2ccccc2)C(Cl)(Cl)Cl)cc1. The summed E-state index contributed by atoms with van der Waals surface area (Å²) in [6.45, 7) is 1.98. The van der Waals surface area contributed by atoms with E-state index in [9.17, 15) is 4.79 Å². The molecule has 0 radical (unpaired) electrons. The molecule has 25 heavy (non-hydrogen) atoms. The summed E-state index contributed by atoms with van der Waals surface area (Å²) in [5.74, 6) is -0.387. The lowest BCUT2D eigenvalue weighted by Gasteiger charge is -2.27. The maximum atomic E-state index is 12.3. The zero-order chi connectivity index (χ0) is 18.4. The van der Waals surface area contributed by atoms with Gasteiger partial charge in [-0.3, -0.25) is 4.79 Å². The first-order valence-electron chi connectivity index (χ1n) is 7.32. The highest BCUT2D eigenvalue weighted by Gasteiger charge is 2.34. The number of thiocarbonyl (C=S) groups is 1. The number of nitrogens with one attached hydrogen (secondary N) is 3. The van der Waals surface area contributed by atoms with Crippen LogP contribution >= 0.6 is 47.0 Å². The van der Waals surface area contributed by atoms with Gasteiger partial charge in [-0.15, -0.1) is 0 Å². The van der Waals surface area contributed by atoms with Gasteiger partial charge in [0.05, 0.1) is 0 Å². The standard InChI is InChI=1S/C17H16Cl3N3OS/c1-11-7-9-13(10-8-11)21-16(25)23-15(17(18,19)20)22-14(24)12-5-3-2-4-6-12/h2-10,15H,1H3,(H,22,24)(H2,21,23,25). The Morgan fingerprint density at radius 3 is 2.16 bits per heavy atom. The molecule has 0 saturated carbocycles. The minimum atomic E-state index is -1.80. The maximum Gasteiger partial charge on any atom is 0.252 e. The van der Waals surface area contributed by atoms with Crippen molar-refractivity contribution in [2.45, 2.75) is 16.9 Å². The Balaban J connectivity index is 2.03. The molecule has 3 N–H and O–H groups in total. The molecule has 1 atom stereocenters. The van der Waals surface area contributed by atoms with Crippen molar-refractivity contribution in [3.63, 3.8) is 0 Å². The van der Waals surface area contributed by atoms with Crippen LogP contribution in [-0.2, 0) is 0 Å². The number of carbonyl (C=O) groups is 1. The number of benzene rings is 2. The van der Waals surface area contributed by atoms with Crippen LogP contribution in [0.15, 0.2) is 54.6 Å². The molecule has 2 aromatic carbocycles. The van der Waals surface area contributed by atoms with Crippen molar-refractivity contribution in [2.24, 2.45) is 0 Å². The first-order valence-corrected chi connectivity index (χ1v) is 8.87. The lowest BCUT2D eigenvalue weighted by molar-refractivity contribution is 0.0934. The van der Waals surface area contributed by atoms with Crippen LogP contribution in [0.5, 0.6) is 0 Å². The molecule has 0 spiro atoms. The Labute approximate surface area is 166 Å². The van der Waals surface area contributed by atoms with Gasteiger partial charge in [0, 0.05) is 11.3 Å². The van der Waals surface area contributed by atoms with Gasteiger partial charge in [0.25, 0.3) is 5.91 Å². The molecular weight excluding hydrogens is 401 g/mol. The van der Waals surface area contributed by atoms with E-state index in [1.54, 1.807) is 24.3 Å². The molecule has 132 valence electrons. The van der Waals surface area contributed by atoms with Gasteiger partial charge in [-0.2, -0.15) is 0 Å².